The van der Waals surface area contributed by atoms with Gasteiger partial charge in [0, 0.05) is 38.3 Å². The number of halogens is 1. The molecule has 3 aliphatic heterocycles. The molecule has 0 radical (unpaired) electrons. The van der Waals surface area contributed by atoms with Gasteiger partial charge in [0.05, 0.1) is 6.04 Å². The Morgan fingerprint density at radius 1 is 1.28 bits per heavy atom. The Bertz CT molecular complexity index is 481. The van der Waals surface area contributed by atoms with Crippen LogP contribution < -0.4 is 0 Å². The molecule has 0 amide bonds. The maximum absolute atomic E-state index is 13.3. The Labute approximate surface area is 106 Å². The molecule has 0 aliphatic carbocycles. The first kappa shape index (κ1) is 11.8. The van der Waals surface area contributed by atoms with Crippen molar-refractivity contribution in [2.24, 2.45) is 0 Å². The van der Waals surface area contributed by atoms with Crippen LogP contribution in [-0.2, 0) is 0 Å². The lowest BCUT2D eigenvalue weighted by Gasteiger charge is -2.46. The van der Waals surface area contributed by atoms with Crippen molar-refractivity contribution in [3.8, 4) is 0 Å². The maximum atomic E-state index is 13.3. The van der Waals surface area contributed by atoms with Crippen LogP contribution in [0.25, 0.3) is 0 Å². The topological polar surface area (TPSA) is 23.6 Å². The highest BCUT2D eigenvalue weighted by molar-refractivity contribution is 6.01. The van der Waals surface area contributed by atoms with Gasteiger partial charge in [0.25, 0.3) is 0 Å². The second-order valence-corrected chi connectivity index (χ2v) is 5.18. The molecule has 18 heavy (non-hydrogen) atoms. The van der Waals surface area contributed by atoms with Crippen molar-refractivity contribution in [1.82, 2.24) is 9.80 Å². The summed E-state index contributed by atoms with van der Waals surface area (Å²) < 4.78 is 13.3. The minimum Gasteiger partial charge on any atom is -0.299 e. The van der Waals surface area contributed by atoms with Crippen LogP contribution >= 0.6 is 0 Å². The fourth-order valence-corrected chi connectivity index (χ4v) is 2.91. The highest BCUT2D eigenvalue weighted by atomic mass is 19.1. The quantitative estimate of drug-likeness (QED) is 0.737. The number of benzene rings is 1. The third kappa shape index (κ3) is 1.95. The molecule has 0 N–H and O–H groups in total. The largest absolute Gasteiger partial charge is 0.299 e. The van der Waals surface area contributed by atoms with Crippen LogP contribution in [0.4, 0.5) is 4.39 Å². The average Bonchev–Trinajstić information content (AvgIpc) is 2.42. The van der Waals surface area contributed by atoms with Gasteiger partial charge in [-0.2, -0.15) is 0 Å². The van der Waals surface area contributed by atoms with E-state index in [1.807, 2.05) is 6.92 Å². The van der Waals surface area contributed by atoms with Gasteiger partial charge >= 0.3 is 0 Å². The smallest absolute Gasteiger partial charge is 0.181 e. The minimum atomic E-state index is -0.333. The molecule has 3 heterocycles. The second-order valence-electron chi connectivity index (χ2n) is 5.18. The summed E-state index contributed by atoms with van der Waals surface area (Å²) in [5.41, 5.74) is 1.40. The van der Waals surface area contributed by atoms with E-state index in [-0.39, 0.29) is 17.6 Å². The Kier molecular flexibility index (Phi) is 2.92. The van der Waals surface area contributed by atoms with Gasteiger partial charge in [-0.15, -0.1) is 0 Å². The third-order valence-electron chi connectivity index (χ3n) is 4.05. The van der Waals surface area contributed by atoms with E-state index in [1.54, 1.807) is 6.07 Å². The normalized spacial score (nSPS) is 30.4. The van der Waals surface area contributed by atoms with Crippen molar-refractivity contribution in [3.63, 3.8) is 0 Å². The first-order valence-corrected chi connectivity index (χ1v) is 6.42. The summed E-state index contributed by atoms with van der Waals surface area (Å²) in [5, 5.41) is 0. The first-order valence-electron chi connectivity index (χ1n) is 6.42. The number of fused-ring (bicyclic) bond motifs is 3. The van der Waals surface area contributed by atoms with Crippen LogP contribution in [0.2, 0.25) is 0 Å². The molecule has 3 saturated heterocycles. The predicted molar refractivity (Wildman–Crippen MR) is 67.3 cm³/mol. The van der Waals surface area contributed by atoms with Crippen molar-refractivity contribution in [3.05, 3.63) is 35.1 Å². The summed E-state index contributed by atoms with van der Waals surface area (Å²) in [6.07, 6.45) is 0. The van der Waals surface area contributed by atoms with Crippen molar-refractivity contribution in [1.29, 1.82) is 0 Å². The summed E-state index contributed by atoms with van der Waals surface area (Å²) in [7, 11) is 0. The molecule has 0 aromatic heterocycles. The maximum Gasteiger partial charge on any atom is 0.181 e. The van der Waals surface area contributed by atoms with E-state index in [4.69, 9.17) is 0 Å². The number of piperazine rings is 3. The lowest BCUT2D eigenvalue weighted by atomic mass is 9.95. The van der Waals surface area contributed by atoms with Crippen LogP contribution in [0.1, 0.15) is 15.9 Å². The van der Waals surface area contributed by atoms with Crippen LogP contribution in [0.15, 0.2) is 18.2 Å². The number of carbonyl (C=O) groups is 1. The van der Waals surface area contributed by atoms with E-state index in [0.29, 0.717) is 5.56 Å². The lowest BCUT2D eigenvalue weighted by molar-refractivity contribution is 0.0158. The Hall–Kier alpha value is -1.26. The van der Waals surface area contributed by atoms with Gasteiger partial charge in [-0.05, 0) is 24.6 Å². The average molecular weight is 248 g/mol. The number of aryl methyl sites for hydroxylation is 1. The first-order chi connectivity index (χ1) is 8.65. The molecular formula is C14H17FN2O. The molecule has 1 aromatic carbocycles. The highest BCUT2D eigenvalue weighted by Gasteiger charge is 2.36. The van der Waals surface area contributed by atoms with Crippen LogP contribution in [0.3, 0.4) is 0 Å². The number of nitrogens with zero attached hydrogens (tertiary/aromatic N) is 2. The molecule has 1 atom stereocenters. The fraction of sp³-hybridized carbons (Fsp3) is 0.500. The number of Topliss-reactive ketones (excluding diaryl/α,β-unsaturated/α-hetero) is 1. The standard InChI is InChI=1S/C14H17FN2O/c1-10-2-3-11(15)8-12(10)14(18)13-9-16-4-6-17(13)7-5-16/h2-3,8,13H,4-7,9H2,1H3. The molecule has 0 saturated carbocycles. The van der Waals surface area contributed by atoms with E-state index in [2.05, 4.69) is 9.80 Å². The van der Waals surface area contributed by atoms with E-state index in [1.165, 1.54) is 12.1 Å². The zero-order valence-electron chi connectivity index (χ0n) is 10.5. The van der Waals surface area contributed by atoms with Crippen molar-refractivity contribution in [2.45, 2.75) is 13.0 Å². The highest BCUT2D eigenvalue weighted by Crippen LogP contribution is 2.21. The molecule has 2 bridgehead atoms. The number of ketones is 1. The van der Waals surface area contributed by atoms with E-state index in [9.17, 15) is 9.18 Å². The summed E-state index contributed by atoms with van der Waals surface area (Å²) in [6.45, 7) is 6.64. The number of rotatable bonds is 2. The summed E-state index contributed by atoms with van der Waals surface area (Å²) in [4.78, 5) is 17.1. The van der Waals surface area contributed by atoms with E-state index in [0.717, 1.165) is 38.3 Å². The fourth-order valence-electron chi connectivity index (χ4n) is 2.91. The molecule has 1 unspecified atom stereocenters. The summed E-state index contributed by atoms with van der Waals surface area (Å²) in [5.74, 6) is -0.267. The van der Waals surface area contributed by atoms with Crippen molar-refractivity contribution in [2.75, 3.05) is 32.7 Å². The van der Waals surface area contributed by atoms with Gasteiger partial charge in [0.1, 0.15) is 5.82 Å². The zero-order chi connectivity index (χ0) is 12.7. The Morgan fingerprint density at radius 2 is 2.00 bits per heavy atom. The van der Waals surface area contributed by atoms with Crippen LogP contribution in [0, 0.1) is 12.7 Å². The van der Waals surface area contributed by atoms with Crippen LogP contribution in [-0.4, -0.2) is 54.3 Å². The molecule has 0 spiro atoms. The number of carbonyl (C=O) groups excluding carboxylic acids is 1. The summed E-state index contributed by atoms with van der Waals surface area (Å²) in [6, 6.07) is 4.37. The van der Waals surface area contributed by atoms with Crippen molar-refractivity contribution >= 4 is 5.78 Å². The van der Waals surface area contributed by atoms with Gasteiger partial charge in [0.15, 0.2) is 5.78 Å². The second kappa shape index (κ2) is 4.44. The van der Waals surface area contributed by atoms with Gasteiger partial charge in [-0.3, -0.25) is 14.6 Å². The number of hydrogen-bond acceptors (Lipinski definition) is 3. The zero-order valence-corrected chi connectivity index (χ0v) is 10.5. The van der Waals surface area contributed by atoms with Gasteiger partial charge in [-0.25, -0.2) is 4.39 Å². The summed E-state index contributed by atoms with van der Waals surface area (Å²) >= 11 is 0. The van der Waals surface area contributed by atoms with Gasteiger partial charge in [0.2, 0.25) is 0 Å². The molecular weight excluding hydrogens is 231 g/mol. The van der Waals surface area contributed by atoms with E-state index >= 15 is 0 Å². The Balaban J connectivity index is 1.88. The van der Waals surface area contributed by atoms with Gasteiger partial charge < -0.3 is 0 Å². The Morgan fingerprint density at radius 3 is 2.61 bits per heavy atom. The van der Waals surface area contributed by atoms with Crippen molar-refractivity contribution < 1.29 is 9.18 Å². The molecule has 4 heteroatoms. The monoisotopic (exact) mass is 248 g/mol. The van der Waals surface area contributed by atoms with Gasteiger partial charge in [-0.1, -0.05) is 6.07 Å². The molecule has 4 rings (SSSR count). The lowest BCUT2D eigenvalue weighted by Crippen LogP contribution is -2.63. The van der Waals surface area contributed by atoms with E-state index < -0.39 is 0 Å². The predicted octanol–water partition coefficient (Wildman–Crippen LogP) is 1.32. The minimum absolute atomic E-state index is 0.0661. The molecule has 3 nitrogen and oxygen atoms in total. The molecule has 3 fully saturated rings. The SMILES string of the molecule is Cc1ccc(F)cc1C(=O)C1CN2CCN1CC2. The third-order valence-corrected chi connectivity index (χ3v) is 4.05. The molecule has 1 aromatic rings. The van der Waals surface area contributed by atoms with Crippen LogP contribution in [0.5, 0.6) is 0 Å². The number of hydrogen-bond donors (Lipinski definition) is 0. The molecule has 96 valence electrons. The molecule has 3 aliphatic rings.